The summed E-state index contributed by atoms with van der Waals surface area (Å²) in [5.41, 5.74) is 3.23. The van der Waals surface area contributed by atoms with Gasteiger partial charge in [-0.05, 0) is 55.8 Å². The Labute approximate surface area is 164 Å². The maximum Gasteiger partial charge on any atom is 0.262 e. The van der Waals surface area contributed by atoms with Crippen LogP contribution in [0.15, 0.2) is 54.1 Å². The molecule has 1 aliphatic rings. The average molecular weight is 374 g/mol. The first-order chi connectivity index (χ1) is 13.6. The predicted molar refractivity (Wildman–Crippen MR) is 109 cm³/mol. The van der Waals surface area contributed by atoms with Crippen LogP contribution in [0.4, 0.5) is 0 Å². The van der Waals surface area contributed by atoms with Crippen LogP contribution in [0.5, 0.6) is 11.5 Å². The zero-order chi connectivity index (χ0) is 20.1. The molecule has 0 atom stereocenters. The molecule has 0 aliphatic carbocycles. The summed E-state index contributed by atoms with van der Waals surface area (Å²) in [5.74, 6) is 1.55. The zero-order valence-corrected chi connectivity index (χ0v) is 16.2. The first-order valence-corrected chi connectivity index (χ1v) is 9.15. The van der Waals surface area contributed by atoms with Crippen molar-refractivity contribution >= 4 is 17.2 Å². The highest BCUT2D eigenvalue weighted by molar-refractivity contribution is 6.09. The molecule has 0 fully saturated rings. The minimum absolute atomic E-state index is 0.0783. The molecule has 0 radical (unpaired) electrons. The summed E-state index contributed by atoms with van der Waals surface area (Å²) in [6.45, 7) is 4.45. The van der Waals surface area contributed by atoms with Crippen LogP contribution in [0.3, 0.4) is 0 Å². The van der Waals surface area contributed by atoms with Crippen molar-refractivity contribution < 1.29 is 14.3 Å². The molecule has 0 bridgehead atoms. The van der Waals surface area contributed by atoms with E-state index in [4.69, 9.17) is 9.47 Å². The van der Waals surface area contributed by atoms with Crippen LogP contribution in [0.2, 0.25) is 0 Å². The lowest BCUT2D eigenvalue weighted by atomic mass is 9.93. The molecule has 2 aromatic carbocycles. The molecule has 5 heteroatoms. The Morgan fingerprint density at radius 3 is 2.61 bits per heavy atom. The van der Waals surface area contributed by atoms with E-state index in [1.165, 1.54) is 0 Å². The number of methoxy groups -OCH3 is 1. The third-order valence-corrected chi connectivity index (χ3v) is 4.44. The number of hydrogen-bond donors (Lipinski definition) is 1. The Morgan fingerprint density at radius 2 is 1.96 bits per heavy atom. The molecule has 0 aromatic heterocycles. The average Bonchev–Trinajstić information content (AvgIpc) is 2.72. The number of rotatable bonds is 5. The summed E-state index contributed by atoms with van der Waals surface area (Å²) >= 11 is 0. The van der Waals surface area contributed by atoms with E-state index in [2.05, 4.69) is 11.4 Å². The molecule has 0 saturated carbocycles. The second kappa shape index (κ2) is 8.45. The Hall–Kier alpha value is -3.52. The van der Waals surface area contributed by atoms with Gasteiger partial charge in [0.2, 0.25) is 0 Å². The SMILES string of the molecule is CCCNC(=O)C(C#N)=C1C=C(c2ccc(OC)cc2)Oc2ccc(C)cc21. The quantitative estimate of drug-likeness (QED) is 0.628. The van der Waals surface area contributed by atoms with Crippen molar-refractivity contribution in [3.05, 3.63) is 70.8 Å². The zero-order valence-electron chi connectivity index (χ0n) is 16.2. The lowest BCUT2D eigenvalue weighted by Gasteiger charge is -2.22. The first-order valence-electron chi connectivity index (χ1n) is 9.15. The fraction of sp³-hybridized carbons (Fsp3) is 0.217. The van der Waals surface area contributed by atoms with Crippen LogP contribution in [-0.2, 0) is 4.79 Å². The van der Waals surface area contributed by atoms with E-state index in [-0.39, 0.29) is 11.5 Å². The monoisotopic (exact) mass is 374 g/mol. The van der Waals surface area contributed by atoms with Crippen molar-refractivity contribution in [3.63, 3.8) is 0 Å². The van der Waals surface area contributed by atoms with Gasteiger partial charge in [-0.15, -0.1) is 0 Å². The topological polar surface area (TPSA) is 71.4 Å². The van der Waals surface area contributed by atoms with Crippen LogP contribution < -0.4 is 14.8 Å². The highest BCUT2D eigenvalue weighted by atomic mass is 16.5. The molecule has 2 aromatic rings. The van der Waals surface area contributed by atoms with Gasteiger partial charge in [-0.3, -0.25) is 4.79 Å². The smallest absolute Gasteiger partial charge is 0.262 e. The van der Waals surface area contributed by atoms with Gasteiger partial charge in [0.25, 0.3) is 5.91 Å². The van der Waals surface area contributed by atoms with Crippen LogP contribution >= 0.6 is 0 Å². The van der Waals surface area contributed by atoms with E-state index in [1.807, 2.05) is 56.3 Å². The minimum Gasteiger partial charge on any atom is -0.497 e. The van der Waals surface area contributed by atoms with Crippen molar-refractivity contribution in [2.24, 2.45) is 0 Å². The summed E-state index contributed by atoms with van der Waals surface area (Å²) in [4.78, 5) is 12.6. The molecule has 0 saturated heterocycles. The summed E-state index contributed by atoms with van der Waals surface area (Å²) < 4.78 is 11.3. The van der Waals surface area contributed by atoms with Gasteiger partial charge in [-0.1, -0.05) is 18.6 Å². The van der Waals surface area contributed by atoms with Crippen molar-refractivity contribution in [2.75, 3.05) is 13.7 Å². The number of carbonyl (C=O) groups excluding carboxylic acids is 1. The van der Waals surface area contributed by atoms with Crippen molar-refractivity contribution in [2.45, 2.75) is 20.3 Å². The molecule has 1 aliphatic heterocycles. The van der Waals surface area contributed by atoms with Crippen molar-refractivity contribution in [1.82, 2.24) is 5.32 Å². The third kappa shape index (κ3) is 3.91. The molecule has 0 unspecified atom stereocenters. The normalized spacial score (nSPS) is 14.1. The second-order valence-electron chi connectivity index (χ2n) is 6.50. The van der Waals surface area contributed by atoms with Gasteiger partial charge in [-0.25, -0.2) is 0 Å². The van der Waals surface area contributed by atoms with E-state index >= 15 is 0 Å². The van der Waals surface area contributed by atoms with Crippen LogP contribution in [0.25, 0.3) is 11.3 Å². The second-order valence-corrected chi connectivity index (χ2v) is 6.50. The van der Waals surface area contributed by atoms with Gasteiger partial charge in [0.05, 0.1) is 7.11 Å². The summed E-state index contributed by atoms with van der Waals surface area (Å²) in [7, 11) is 1.61. The summed E-state index contributed by atoms with van der Waals surface area (Å²) in [6.07, 6.45) is 2.55. The molecule has 5 nitrogen and oxygen atoms in total. The van der Waals surface area contributed by atoms with Gasteiger partial charge >= 0.3 is 0 Å². The maximum absolute atomic E-state index is 12.6. The fourth-order valence-corrected chi connectivity index (χ4v) is 2.96. The van der Waals surface area contributed by atoms with E-state index < -0.39 is 0 Å². The molecule has 28 heavy (non-hydrogen) atoms. The Bertz CT molecular complexity index is 995. The molecular weight excluding hydrogens is 352 g/mol. The van der Waals surface area contributed by atoms with E-state index in [0.717, 1.165) is 28.9 Å². The largest absolute Gasteiger partial charge is 0.497 e. The van der Waals surface area contributed by atoms with Gasteiger partial charge in [0.1, 0.15) is 28.9 Å². The maximum atomic E-state index is 12.6. The van der Waals surface area contributed by atoms with Gasteiger partial charge in [0.15, 0.2) is 0 Å². The minimum atomic E-state index is -0.376. The lowest BCUT2D eigenvalue weighted by molar-refractivity contribution is -0.117. The van der Waals surface area contributed by atoms with Crippen LogP contribution in [0, 0.1) is 18.3 Å². The molecule has 3 rings (SSSR count). The molecule has 142 valence electrons. The summed E-state index contributed by atoms with van der Waals surface area (Å²) in [6, 6.07) is 15.2. The molecule has 1 heterocycles. The Balaban J connectivity index is 2.14. The standard InChI is InChI=1S/C23H22N2O3/c1-4-11-25-23(26)20(14-24)18-13-22(16-6-8-17(27-3)9-7-16)28-21-10-5-15(2)12-19(18)21/h5-10,12-13H,4,11H2,1-3H3,(H,25,26). The number of benzene rings is 2. The van der Waals surface area contributed by atoms with Gasteiger partial charge in [0, 0.05) is 23.2 Å². The number of nitrogens with one attached hydrogen (secondary N) is 1. The molecule has 1 N–H and O–H groups in total. The number of fused-ring (bicyclic) bond motifs is 1. The Kier molecular flexibility index (Phi) is 5.81. The predicted octanol–water partition coefficient (Wildman–Crippen LogP) is 4.24. The van der Waals surface area contributed by atoms with Gasteiger partial charge < -0.3 is 14.8 Å². The number of ether oxygens (including phenoxy) is 2. The fourth-order valence-electron chi connectivity index (χ4n) is 2.96. The molecule has 1 amide bonds. The third-order valence-electron chi connectivity index (χ3n) is 4.44. The van der Waals surface area contributed by atoms with Gasteiger partial charge in [-0.2, -0.15) is 5.26 Å². The number of nitriles is 1. The number of hydrogen-bond acceptors (Lipinski definition) is 4. The van der Waals surface area contributed by atoms with E-state index in [0.29, 0.717) is 23.6 Å². The molecule has 0 spiro atoms. The molecular formula is C23H22N2O3. The number of allylic oxidation sites excluding steroid dienone is 2. The highest BCUT2D eigenvalue weighted by Crippen LogP contribution is 2.39. The van der Waals surface area contributed by atoms with Crippen molar-refractivity contribution in [1.29, 1.82) is 5.26 Å². The number of nitrogens with zero attached hydrogens (tertiary/aromatic N) is 1. The summed E-state index contributed by atoms with van der Waals surface area (Å²) in [5, 5.41) is 12.5. The Morgan fingerprint density at radius 1 is 1.21 bits per heavy atom. The van der Waals surface area contributed by atoms with Crippen molar-refractivity contribution in [3.8, 4) is 17.6 Å². The van der Waals surface area contributed by atoms with Crippen LogP contribution in [-0.4, -0.2) is 19.6 Å². The van der Waals surface area contributed by atoms with Crippen LogP contribution in [0.1, 0.15) is 30.0 Å². The number of amides is 1. The van der Waals surface area contributed by atoms with E-state index in [9.17, 15) is 10.1 Å². The lowest BCUT2D eigenvalue weighted by Crippen LogP contribution is -2.26. The number of aryl methyl sites for hydroxylation is 1. The van der Waals surface area contributed by atoms with E-state index in [1.54, 1.807) is 13.2 Å². The highest BCUT2D eigenvalue weighted by Gasteiger charge is 2.24. The first kappa shape index (κ1) is 19.2. The number of carbonyl (C=O) groups is 1.